The molecule has 0 N–H and O–H groups in total. The molecule has 0 aliphatic carbocycles. The van der Waals surface area contributed by atoms with Gasteiger partial charge in [0.15, 0.2) is 0 Å². The molecular weight excluding hydrogens is 659 g/mol. The zero-order valence-electron chi connectivity index (χ0n) is 29.4. The molecule has 0 spiro atoms. The smallest absolute Gasteiger partial charge is 0.306 e. The summed E-state index contributed by atoms with van der Waals surface area (Å²) >= 11 is 2.20. The maximum absolute atomic E-state index is 12.2. The molecule has 0 aromatic rings. The van der Waals surface area contributed by atoms with Crippen LogP contribution in [0.2, 0.25) is 0 Å². The van der Waals surface area contributed by atoms with Crippen molar-refractivity contribution in [3.63, 3.8) is 0 Å². The highest BCUT2D eigenvalue weighted by atomic mass is 127. The number of hydrogen-bond acceptors (Lipinski definition) is 4. The third-order valence-corrected chi connectivity index (χ3v) is 9.51. The molecule has 1 atom stereocenters. The van der Waals surface area contributed by atoms with Gasteiger partial charge in [-0.25, -0.2) is 0 Å². The van der Waals surface area contributed by atoms with Crippen LogP contribution in [0.4, 0.5) is 0 Å². The van der Waals surface area contributed by atoms with Crippen molar-refractivity contribution < 1.29 is 19.1 Å². The third-order valence-electron chi connectivity index (χ3n) is 8.53. The summed E-state index contributed by atoms with van der Waals surface area (Å²) in [5, 5.41) is 0. The Morgan fingerprint density at radius 3 is 1.23 bits per heavy atom. The highest BCUT2D eigenvalue weighted by Gasteiger charge is 2.15. The molecule has 4 nitrogen and oxygen atoms in total. The van der Waals surface area contributed by atoms with E-state index >= 15 is 0 Å². The number of rotatable bonds is 35. The summed E-state index contributed by atoms with van der Waals surface area (Å²) in [4.78, 5) is 24.4. The van der Waals surface area contributed by atoms with Gasteiger partial charge < -0.3 is 9.47 Å². The molecule has 0 unspecified atom stereocenters. The van der Waals surface area contributed by atoms with E-state index in [1.54, 1.807) is 0 Å². The highest BCUT2D eigenvalue weighted by Crippen LogP contribution is 2.15. The average molecular weight is 733 g/mol. The first-order chi connectivity index (χ1) is 21.6. The van der Waals surface area contributed by atoms with E-state index in [1.165, 1.54) is 154 Å². The van der Waals surface area contributed by atoms with Crippen molar-refractivity contribution in [1.29, 1.82) is 0 Å². The van der Waals surface area contributed by atoms with Crippen LogP contribution < -0.4 is 0 Å². The van der Waals surface area contributed by atoms with E-state index in [4.69, 9.17) is 9.47 Å². The van der Waals surface area contributed by atoms with E-state index in [0.717, 1.165) is 25.7 Å². The Balaban J connectivity index is 3.53. The minimum absolute atomic E-state index is 0.164. The van der Waals surface area contributed by atoms with Gasteiger partial charge in [0, 0.05) is 17.3 Å². The van der Waals surface area contributed by atoms with Crippen molar-refractivity contribution in [2.75, 3.05) is 11.0 Å². The van der Waals surface area contributed by atoms with Crippen LogP contribution in [0.15, 0.2) is 12.2 Å². The number of unbranched alkanes of at least 4 members (excludes halogenated alkanes) is 25. The zero-order chi connectivity index (χ0) is 32.2. The molecule has 0 saturated heterocycles. The van der Waals surface area contributed by atoms with Crippen molar-refractivity contribution in [3.05, 3.63) is 12.2 Å². The van der Waals surface area contributed by atoms with Gasteiger partial charge >= 0.3 is 11.9 Å². The number of hydrogen-bond donors (Lipinski definition) is 0. The molecule has 0 saturated carbocycles. The molecular formula is C39H73IO4. The van der Waals surface area contributed by atoms with Gasteiger partial charge in [-0.2, -0.15) is 0 Å². The standard InChI is InChI=1S/C39H73IO4/c1-3-5-7-9-11-13-15-17-19-21-23-25-27-29-31-33-38(41)43-36-37(35-40)44-39(42)34-32-30-28-26-24-22-20-18-16-14-12-10-8-6-4-2/h18,20,37H,3-17,19,21-36H2,1-2H3/b20-18-/t37-/m0/s1. The number of carbonyl (C=O) groups excluding carboxylic acids is 2. The predicted octanol–water partition coefficient (Wildman–Crippen LogP) is 13.2. The molecule has 260 valence electrons. The van der Waals surface area contributed by atoms with Crippen LogP contribution in [0.25, 0.3) is 0 Å². The fraction of sp³-hybridized carbons (Fsp3) is 0.897. The fourth-order valence-electron chi connectivity index (χ4n) is 5.59. The molecule has 0 radical (unpaired) electrons. The number of alkyl halides is 1. The van der Waals surface area contributed by atoms with E-state index in [2.05, 4.69) is 48.6 Å². The molecule has 5 heteroatoms. The van der Waals surface area contributed by atoms with Crippen LogP contribution in [0.3, 0.4) is 0 Å². The van der Waals surface area contributed by atoms with Gasteiger partial charge in [-0.15, -0.1) is 0 Å². The molecule has 0 aliphatic heterocycles. The summed E-state index contributed by atoms with van der Waals surface area (Å²) in [6, 6.07) is 0. The molecule has 0 amide bonds. The summed E-state index contributed by atoms with van der Waals surface area (Å²) in [5.74, 6) is -0.328. The Labute approximate surface area is 288 Å². The molecule has 0 bridgehead atoms. The Morgan fingerprint density at radius 2 is 0.841 bits per heavy atom. The van der Waals surface area contributed by atoms with Crippen LogP contribution in [-0.2, 0) is 19.1 Å². The molecule has 0 aromatic carbocycles. The lowest BCUT2D eigenvalue weighted by Crippen LogP contribution is -2.26. The van der Waals surface area contributed by atoms with Gasteiger partial charge in [0.05, 0.1) is 0 Å². The lowest BCUT2D eigenvalue weighted by molar-refractivity contribution is -0.157. The van der Waals surface area contributed by atoms with E-state index in [0.29, 0.717) is 17.3 Å². The molecule has 0 rings (SSSR count). The van der Waals surface area contributed by atoms with Crippen molar-refractivity contribution in [2.24, 2.45) is 0 Å². The van der Waals surface area contributed by atoms with Crippen molar-refractivity contribution in [3.8, 4) is 0 Å². The second kappa shape index (κ2) is 36.9. The van der Waals surface area contributed by atoms with Crippen LogP contribution >= 0.6 is 22.6 Å². The lowest BCUT2D eigenvalue weighted by atomic mass is 10.0. The zero-order valence-corrected chi connectivity index (χ0v) is 31.5. The first kappa shape index (κ1) is 43.4. The second-order valence-corrected chi connectivity index (χ2v) is 13.9. The average Bonchev–Trinajstić information content (AvgIpc) is 3.02. The van der Waals surface area contributed by atoms with Gasteiger partial charge in [-0.05, 0) is 38.5 Å². The van der Waals surface area contributed by atoms with Crippen LogP contribution in [0.5, 0.6) is 0 Å². The summed E-state index contributed by atoms with van der Waals surface area (Å²) < 4.78 is 11.6. The Morgan fingerprint density at radius 1 is 0.500 bits per heavy atom. The van der Waals surface area contributed by atoms with E-state index in [-0.39, 0.29) is 24.6 Å². The summed E-state index contributed by atoms with van der Waals surface area (Å²) in [7, 11) is 0. The van der Waals surface area contributed by atoms with Crippen molar-refractivity contribution in [1.82, 2.24) is 0 Å². The number of carbonyl (C=O) groups is 2. The van der Waals surface area contributed by atoms with Crippen LogP contribution in [-0.4, -0.2) is 29.1 Å². The molecule has 0 aromatic heterocycles. The molecule has 0 fully saturated rings. The summed E-state index contributed by atoms with van der Waals surface area (Å²) in [5.41, 5.74) is 0. The van der Waals surface area contributed by atoms with Crippen molar-refractivity contribution in [2.45, 2.75) is 213 Å². The minimum atomic E-state index is -0.337. The van der Waals surface area contributed by atoms with E-state index in [1.807, 2.05) is 0 Å². The summed E-state index contributed by atoms with van der Waals surface area (Å²) in [6.07, 6.45) is 41.2. The second-order valence-electron chi connectivity index (χ2n) is 13.0. The van der Waals surface area contributed by atoms with Crippen LogP contribution in [0, 0.1) is 0 Å². The van der Waals surface area contributed by atoms with Gasteiger partial charge in [-0.3, -0.25) is 9.59 Å². The van der Waals surface area contributed by atoms with Gasteiger partial charge in [-0.1, -0.05) is 190 Å². The largest absolute Gasteiger partial charge is 0.462 e. The maximum atomic E-state index is 12.2. The van der Waals surface area contributed by atoms with Crippen molar-refractivity contribution >= 4 is 34.5 Å². The quantitative estimate of drug-likeness (QED) is 0.0214. The SMILES string of the molecule is CCCCCCCC/C=C\CCCCCCCC(=O)O[C@@H](CI)COC(=O)CCCCCCCCCCCCCCCCC. The van der Waals surface area contributed by atoms with Gasteiger partial charge in [0.25, 0.3) is 0 Å². The first-order valence-corrected chi connectivity index (χ1v) is 20.7. The monoisotopic (exact) mass is 732 g/mol. The van der Waals surface area contributed by atoms with Gasteiger partial charge in [0.1, 0.15) is 12.7 Å². The number of ether oxygens (including phenoxy) is 2. The highest BCUT2D eigenvalue weighted by molar-refractivity contribution is 14.1. The van der Waals surface area contributed by atoms with E-state index in [9.17, 15) is 9.59 Å². The minimum Gasteiger partial charge on any atom is -0.462 e. The maximum Gasteiger partial charge on any atom is 0.306 e. The topological polar surface area (TPSA) is 52.6 Å². The molecule has 0 heterocycles. The fourth-order valence-corrected chi connectivity index (χ4v) is 6.03. The third kappa shape index (κ3) is 34.3. The number of allylic oxidation sites excluding steroid dienone is 2. The number of esters is 2. The summed E-state index contributed by atoms with van der Waals surface area (Å²) in [6.45, 7) is 4.72. The van der Waals surface area contributed by atoms with Gasteiger partial charge in [0.2, 0.25) is 0 Å². The molecule has 0 aliphatic rings. The predicted molar refractivity (Wildman–Crippen MR) is 199 cm³/mol. The van der Waals surface area contributed by atoms with Crippen LogP contribution in [0.1, 0.15) is 206 Å². The first-order valence-electron chi connectivity index (χ1n) is 19.2. The number of halogens is 1. The Hall–Kier alpha value is -0.590. The lowest BCUT2D eigenvalue weighted by Gasteiger charge is -2.15. The Bertz CT molecular complexity index is 636. The normalized spacial score (nSPS) is 12.2. The Kier molecular flexibility index (Phi) is 36.4. The molecule has 44 heavy (non-hydrogen) atoms. The van der Waals surface area contributed by atoms with E-state index < -0.39 is 0 Å².